The fourth-order valence-corrected chi connectivity index (χ4v) is 2.24. The summed E-state index contributed by atoms with van der Waals surface area (Å²) in [4.78, 5) is 23.0. The lowest BCUT2D eigenvalue weighted by Crippen LogP contribution is -2.13. The van der Waals surface area contributed by atoms with Crippen molar-refractivity contribution in [3.05, 3.63) is 59.4 Å². The zero-order chi connectivity index (χ0) is 16.8. The second-order valence-electron chi connectivity index (χ2n) is 5.35. The monoisotopic (exact) mass is 314 g/mol. The molecule has 0 aliphatic carbocycles. The first-order valence-electron chi connectivity index (χ1n) is 7.37. The quantitative estimate of drug-likeness (QED) is 0.885. The minimum Gasteiger partial charge on any atom is -0.326 e. The SMILES string of the molecule is CC(=O)Nc1ccc(NC(=O)CCc2ccccc2F)cc1C. The topological polar surface area (TPSA) is 58.2 Å². The summed E-state index contributed by atoms with van der Waals surface area (Å²) in [6, 6.07) is 11.7. The van der Waals surface area contributed by atoms with Gasteiger partial charge in [-0.1, -0.05) is 18.2 Å². The Morgan fingerprint density at radius 2 is 1.83 bits per heavy atom. The van der Waals surface area contributed by atoms with Crippen LogP contribution in [0.15, 0.2) is 42.5 Å². The molecule has 0 atom stereocenters. The Balaban J connectivity index is 1.94. The van der Waals surface area contributed by atoms with E-state index in [9.17, 15) is 14.0 Å². The van der Waals surface area contributed by atoms with Crippen molar-refractivity contribution in [2.24, 2.45) is 0 Å². The molecule has 4 nitrogen and oxygen atoms in total. The molecule has 0 bridgehead atoms. The molecular formula is C18H19FN2O2. The lowest BCUT2D eigenvalue weighted by Gasteiger charge is -2.10. The van der Waals surface area contributed by atoms with Gasteiger partial charge in [-0.25, -0.2) is 4.39 Å². The maximum atomic E-state index is 13.5. The fourth-order valence-electron chi connectivity index (χ4n) is 2.24. The van der Waals surface area contributed by atoms with Crippen molar-refractivity contribution in [1.29, 1.82) is 0 Å². The molecule has 0 aliphatic rings. The van der Waals surface area contributed by atoms with E-state index in [1.54, 1.807) is 36.4 Å². The van der Waals surface area contributed by atoms with E-state index in [0.29, 0.717) is 23.4 Å². The predicted octanol–water partition coefficient (Wildman–Crippen LogP) is 3.66. The van der Waals surface area contributed by atoms with E-state index in [2.05, 4.69) is 10.6 Å². The molecule has 0 heterocycles. The average molecular weight is 314 g/mol. The molecule has 0 saturated heterocycles. The highest BCUT2D eigenvalue weighted by Gasteiger charge is 2.07. The van der Waals surface area contributed by atoms with E-state index in [4.69, 9.17) is 0 Å². The average Bonchev–Trinajstić information content (AvgIpc) is 2.49. The van der Waals surface area contributed by atoms with Crippen LogP contribution in [0.5, 0.6) is 0 Å². The molecule has 5 heteroatoms. The van der Waals surface area contributed by atoms with Gasteiger partial charge in [0, 0.05) is 24.7 Å². The fraction of sp³-hybridized carbons (Fsp3) is 0.222. The van der Waals surface area contributed by atoms with E-state index in [1.165, 1.54) is 13.0 Å². The third-order valence-corrected chi connectivity index (χ3v) is 3.40. The Kier molecular flexibility index (Phi) is 5.46. The van der Waals surface area contributed by atoms with Gasteiger partial charge in [-0.15, -0.1) is 0 Å². The smallest absolute Gasteiger partial charge is 0.224 e. The van der Waals surface area contributed by atoms with Gasteiger partial charge in [0.25, 0.3) is 0 Å². The van der Waals surface area contributed by atoms with Crippen molar-refractivity contribution in [3.63, 3.8) is 0 Å². The highest BCUT2D eigenvalue weighted by molar-refractivity contribution is 5.93. The Morgan fingerprint density at radius 3 is 2.48 bits per heavy atom. The summed E-state index contributed by atoms with van der Waals surface area (Å²) in [6.07, 6.45) is 0.550. The number of benzene rings is 2. The normalized spacial score (nSPS) is 10.2. The molecule has 0 aromatic heterocycles. The molecule has 2 aromatic rings. The number of anilines is 2. The van der Waals surface area contributed by atoms with Crippen molar-refractivity contribution in [2.75, 3.05) is 10.6 Å². The van der Waals surface area contributed by atoms with Crippen LogP contribution < -0.4 is 10.6 Å². The minimum absolute atomic E-state index is 0.144. The number of aryl methyl sites for hydroxylation is 2. The number of nitrogens with one attached hydrogen (secondary N) is 2. The van der Waals surface area contributed by atoms with Gasteiger partial charge in [-0.2, -0.15) is 0 Å². The molecule has 2 N–H and O–H groups in total. The van der Waals surface area contributed by atoms with E-state index in [-0.39, 0.29) is 24.1 Å². The van der Waals surface area contributed by atoms with Gasteiger partial charge in [0.1, 0.15) is 5.82 Å². The summed E-state index contributed by atoms with van der Waals surface area (Å²) in [5.74, 6) is -0.620. The number of hydrogen-bond acceptors (Lipinski definition) is 2. The third kappa shape index (κ3) is 4.92. The van der Waals surface area contributed by atoms with Crippen LogP contribution in [-0.2, 0) is 16.0 Å². The van der Waals surface area contributed by atoms with Crippen molar-refractivity contribution < 1.29 is 14.0 Å². The molecule has 120 valence electrons. The van der Waals surface area contributed by atoms with Crippen LogP contribution >= 0.6 is 0 Å². The standard InChI is InChI=1S/C18H19FN2O2/c1-12-11-15(8-9-17(12)20-13(2)22)21-18(23)10-7-14-5-3-4-6-16(14)19/h3-6,8-9,11H,7,10H2,1-2H3,(H,20,22)(H,21,23). The lowest BCUT2D eigenvalue weighted by atomic mass is 10.1. The molecule has 0 unspecified atom stereocenters. The van der Waals surface area contributed by atoms with E-state index < -0.39 is 0 Å². The molecule has 23 heavy (non-hydrogen) atoms. The Hall–Kier alpha value is -2.69. The van der Waals surface area contributed by atoms with E-state index in [0.717, 1.165) is 5.56 Å². The lowest BCUT2D eigenvalue weighted by molar-refractivity contribution is -0.116. The van der Waals surface area contributed by atoms with Crippen molar-refractivity contribution in [2.45, 2.75) is 26.7 Å². The third-order valence-electron chi connectivity index (χ3n) is 3.40. The first kappa shape index (κ1) is 16.7. The molecule has 0 aliphatic heterocycles. The molecule has 2 aromatic carbocycles. The Morgan fingerprint density at radius 1 is 1.09 bits per heavy atom. The summed E-state index contributed by atoms with van der Waals surface area (Å²) < 4.78 is 13.5. The minimum atomic E-state index is -0.296. The maximum absolute atomic E-state index is 13.5. The van der Waals surface area contributed by atoms with E-state index in [1.807, 2.05) is 6.92 Å². The molecule has 0 fully saturated rings. The summed E-state index contributed by atoms with van der Waals surface area (Å²) >= 11 is 0. The van der Waals surface area contributed by atoms with Crippen LogP contribution in [-0.4, -0.2) is 11.8 Å². The van der Waals surface area contributed by atoms with E-state index >= 15 is 0 Å². The largest absolute Gasteiger partial charge is 0.326 e. The van der Waals surface area contributed by atoms with Crippen LogP contribution in [0.25, 0.3) is 0 Å². The number of halogens is 1. The summed E-state index contributed by atoms with van der Waals surface area (Å²) in [7, 11) is 0. The number of carbonyl (C=O) groups excluding carboxylic acids is 2. The second kappa shape index (κ2) is 7.54. The molecule has 0 spiro atoms. The number of hydrogen-bond donors (Lipinski definition) is 2. The number of rotatable bonds is 5. The van der Waals surface area contributed by atoms with Crippen LogP contribution in [0.1, 0.15) is 24.5 Å². The van der Waals surface area contributed by atoms with Gasteiger partial charge >= 0.3 is 0 Å². The van der Waals surface area contributed by atoms with Crippen LogP contribution in [0, 0.1) is 12.7 Å². The highest BCUT2D eigenvalue weighted by Crippen LogP contribution is 2.20. The number of amides is 2. The van der Waals surface area contributed by atoms with Gasteiger partial charge < -0.3 is 10.6 Å². The van der Waals surface area contributed by atoms with Crippen LogP contribution in [0.4, 0.5) is 15.8 Å². The first-order valence-corrected chi connectivity index (χ1v) is 7.37. The van der Waals surface area contributed by atoms with Crippen molar-refractivity contribution in [1.82, 2.24) is 0 Å². The Bertz CT molecular complexity index is 729. The first-order chi connectivity index (χ1) is 11.0. The molecule has 2 rings (SSSR count). The van der Waals surface area contributed by atoms with Crippen molar-refractivity contribution >= 4 is 23.2 Å². The van der Waals surface area contributed by atoms with Gasteiger partial charge in [-0.3, -0.25) is 9.59 Å². The zero-order valence-corrected chi connectivity index (χ0v) is 13.2. The summed E-state index contributed by atoms with van der Waals surface area (Å²) in [6.45, 7) is 3.29. The molecule has 0 saturated carbocycles. The van der Waals surface area contributed by atoms with Gasteiger partial charge in [-0.05, 0) is 48.7 Å². The Labute approximate surface area is 134 Å². The second-order valence-corrected chi connectivity index (χ2v) is 5.35. The maximum Gasteiger partial charge on any atom is 0.224 e. The van der Waals surface area contributed by atoms with Gasteiger partial charge in [0.05, 0.1) is 0 Å². The van der Waals surface area contributed by atoms with Crippen molar-refractivity contribution in [3.8, 4) is 0 Å². The van der Waals surface area contributed by atoms with Gasteiger partial charge in [0.2, 0.25) is 11.8 Å². The van der Waals surface area contributed by atoms with Gasteiger partial charge in [0.15, 0.2) is 0 Å². The van der Waals surface area contributed by atoms with Crippen LogP contribution in [0.2, 0.25) is 0 Å². The highest BCUT2D eigenvalue weighted by atomic mass is 19.1. The predicted molar refractivity (Wildman–Crippen MR) is 88.8 cm³/mol. The number of carbonyl (C=O) groups is 2. The summed E-state index contributed by atoms with van der Waals surface area (Å²) in [5.41, 5.74) is 2.74. The van der Waals surface area contributed by atoms with Crippen LogP contribution in [0.3, 0.4) is 0 Å². The summed E-state index contributed by atoms with van der Waals surface area (Å²) in [5, 5.41) is 5.49. The zero-order valence-electron chi connectivity index (χ0n) is 13.2. The molecule has 0 radical (unpaired) electrons. The molecular weight excluding hydrogens is 295 g/mol. The molecule has 2 amide bonds.